The van der Waals surface area contributed by atoms with Gasteiger partial charge in [0.2, 0.25) is 5.91 Å². The Morgan fingerprint density at radius 2 is 1.80 bits per heavy atom. The highest BCUT2D eigenvalue weighted by Gasteiger charge is 2.32. The molecule has 3 rings (SSSR count). The Balaban J connectivity index is 1.85. The number of rotatable bonds is 8. The quantitative estimate of drug-likeness (QED) is 0.329. The van der Waals surface area contributed by atoms with Gasteiger partial charge in [0.1, 0.15) is 5.75 Å². The third-order valence-electron chi connectivity index (χ3n) is 8.70. The number of hydrogen-bond acceptors (Lipinski definition) is 6. The minimum Gasteiger partial charge on any atom is -0.490 e. The van der Waals surface area contributed by atoms with E-state index < -0.39 is 43.0 Å². The van der Waals surface area contributed by atoms with Gasteiger partial charge in [0.05, 0.1) is 36.8 Å². The van der Waals surface area contributed by atoms with E-state index in [0.717, 1.165) is 38.5 Å². The van der Waals surface area contributed by atoms with Gasteiger partial charge in [-0.2, -0.15) is 13.2 Å². The number of nitrogens with one attached hydrogen (secondary N) is 2. The van der Waals surface area contributed by atoms with E-state index in [0.29, 0.717) is 19.6 Å². The molecule has 3 N–H and O–H groups in total. The fraction of sp³-hybridized carbons (Fsp3) is 0.727. The fourth-order valence-electron chi connectivity index (χ4n) is 5.83. The first-order valence-corrected chi connectivity index (χ1v) is 16.5. The molecule has 1 aliphatic heterocycles. The van der Waals surface area contributed by atoms with Gasteiger partial charge in [0, 0.05) is 50.8 Å². The highest BCUT2D eigenvalue weighted by atomic mass is 19.4. The number of ether oxygens (including phenoxy) is 2. The summed E-state index contributed by atoms with van der Waals surface area (Å²) in [5.74, 6) is -1.27. The number of amides is 4. The lowest BCUT2D eigenvalue weighted by Crippen LogP contribution is -2.50. The number of hydrogen-bond donors (Lipinski definition) is 3. The molecule has 0 bridgehead atoms. The molecule has 1 aromatic carbocycles. The Bertz CT molecular complexity index is 1150. The van der Waals surface area contributed by atoms with Gasteiger partial charge in [-0.25, -0.2) is 4.79 Å². The number of alkyl halides is 3. The van der Waals surface area contributed by atoms with E-state index in [-0.39, 0.29) is 54.2 Å². The maximum Gasteiger partial charge on any atom is 0.389 e. The van der Waals surface area contributed by atoms with Crippen LogP contribution in [0.3, 0.4) is 0 Å². The number of urea groups is 1. The number of halogens is 3. The summed E-state index contributed by atoms with van der Waals surface area (Å²) in [5, 5.41) is 15.7. The van der Waals surface area contributed by atoms with Gasteiger partial charge in [-0.3, -0.25) is 9.59 Å². The van der Waals surface area contributed by atoms with Gasteiger partial charge in [-0.1, -0.05) is 26.2 Å². The third kappa shape index (κ3) is 11.9. The molecule has 4 amide bonds. The number of carbonyl (C=O) groups excluding carboxylic acids is 3. The van der Waals surface area contributed by atoms with Gasteiger partial charge in [0.15, 0.2) is 0 Å². The fourth-order valence-corrected chi connectivity index (χ4v) is 5.83. The highest BCUT2D eigenvalue weighted by molar-refractivity contribution is 5.99. The van der Waals surface area contributed by atoms with Crippen LogP contribution in [0.15, 0.2) is 18.2 Å². The average Bonchev–Trinajstić information content (AvgIpc) is 3.01. The van der Waals surface area contributed by atoms with Crippen molar-refractivity contribution in [2.45, 2.75) is 115 Å². The van der Waals surface area contributed by atoms with E-state index in [4.69, 9.17) is 9.47 Å². The first-order chi connectivity index (χ1) is 21.8. The molecule has 1 aliphatic carbocycles. The number of nitrogens with zero attached hydrogens (tertiary/aromatic N) is 2. The zero-order valence-corrected chi connectivity index (χ0v) is 27.5. The van der Waals surface area contributed by atoms with Gasteiger partial charge in [0.25, 0.3) is 5.91 Å². The molecule has 0 unspecified atom stereocenters. The molecule has 0 aromatic heterocycles. The first-order valence-electron chi connectivity index (χ1n) is 16.5. The van der Waals surface area contributed by atoms with Crippen LogP contribution in [0.5, 0.6) is 5.75 Å². The molecular weight excluding hydrogens is 605 g/mol. The zero-order chi connectivity index (χ0) is 33.9. The van der Waals surface area contributed by atoms with Crippen molar-refractivity contribution < 1.29 is 42.1 Å². The van der Waals surface area contributed by atoms with Crippen molar-refractivity contribution in [3.8, 4) is 5.75 Å². The SMILES string of the molecule is C[C@@H]1CCCCO[C@@H](CN(C)C(=O)NC2CCCCC2)[C@H](C)CN([C@H](C)CO)C(=O)c2cc(NC(=O)CCC(F)(F)F)ccc2O1. The van der Waals surface area contributed by atoms with Crippen molar-refractivity contribution in [1.82, 2.24) is 15.1 Å². The van der Waals surface area contributed by atoms with Crippen molar-refractivity contribution in [2.75, 3.05) is 38.7 Å². The maximum absolute atomic E-state index is 14.2. The van der Waals surface area contributed by atoms with Crippen molar-refractivity contribution in [2.24, 2.45) is 5.92 Å². The van der Waals surface area contributed by atoms with E-state index in [2.05, 4.69) is 10.6 Å². The highest BCUT2D eigenvalue weighted by Crippen LogP contribution is 2.29. The normalized spacial score (nSPS) is 23.0. The lowest BCUT2D eigenvalue weighted by Gasteiger charge is -2.36. The van der Waals surface area contributed by atoms with E-state index in [1.54, 1.807) is 18.9 Å². The monoisotopic (exact) mass is 656 g/mol. The number of aliphatic hydroxyl groups excluding tert-OH is 1. The summed E-state index contributed by atoms with van der Waals surface area (Å²) < 4.78 is 50.5. The molecule has 0 radical (unpaired) electrons. The van der Waals surface area contributed by atoms with Crippen LogP contribution in [0.4, 0.5) is 23.7 Å². The molecule has 4 atom stereocenters. The summed E-state index contributed by atoms with van der Waals surface area (Å²) >= 11 is 0. The minimum absolute atomic E-state index is 0.117. The standard InChI is InChI=1S/C33H51F3N4O6/c1-22-19-40(23(2)21-41)31(43)27-18-26(37-30(42)15-16-33(34,35)36)13-14-28(27)46-24(3)10-8-9-17-45-29(22)20-39(4)32(44)38-25-11-6-5-7-12-25/h13-14,18,22-25,29,41H,5-12,15-17,19-21H2,1-4H3,(H,37,42)(H,38,44)/t22-,23-,24-,29+/m1/s1. The molecule has 1 fully saturated rings. The predicted molar refractivity (Wildman–Crippen MR) is 169 cm³/mol. The summed E-state index contributed by atoms with van der Waals surface area (Å²) in [7, 11) is 1.73. The van der Waals surface area contributed by atoms with Crippen LogP contribution in [0.2, 0.25) is 0 Å². The number of fused-ring (bicyclic) bond motifs is 1. The summed E-state index contributed by atoms with van der Waals surface area (Å²) in [6, 6.07) is 3.82. The molecule has 0 saturated heterocycles. The second-order valence-corrected chi connectivity index (χ2v) is 12.8. The van der Waals surface area contributed by atoms with E-state index in [9.17, 15) is 32.7 Å². The third-order valence-corrected chi connectivity index (χ3v) is 8.70. The Hall–Kier alpha value is -3.06. The predicted octanol–water partition coefficient (Wildman–Crippen LogP) is 5.74. The van der Waals surface area contributed by atoms with Gasteiger partial charge < -0.3 is 35.0 Å². The van der Waals surface area contributed by atoms with Crippen LogP contribution in [0.1, 0.15) is 95.3 Å². The summed E-state index contributed by atoms with van der Waals surface area (Å²) in [5.41, 5.74) is 0.277. The van der Waals surface area contributed by atoms with Crippen LogP contribution in [0, 0.1) is 5.92 Å². The topological polar surface area (TPSA) is 120 Å². The molecule has 1 aromatic rings. The Morgan fingerprint density at radius 1 is 1.11 bits per heavy atom. The summed E-state index contributed by atoms with van der Waals surface area (Å²) in [6.07, 6.45) is 0.402. The molecule has 1 heterocycles. The number of carbonyl (C=O) groups is 3. The molecule has 10 nitrogen and oxygen atoms in total. The Kier molecular flexibility index (Phi) is 14.4. The average molecular weight is 657 g/mol. The Morgan fingerprint density at radius 3 is 2.48 bits per heavy atom. The lowest BCUT2D eigenvalue weighted by molar-refractivity contribution is -0.142. The van der Waals surface area contributed by atoms with Crippen molar-refractivity contribution in [3.05, 3.63) is 23.8 Å². The number of anilines is 1. The van der Waals surface area contributed by atoms with Crippen LogP contribution < -0.4 is 15.4 Å². The van der Waals surface area contributed by atoms with Crippen molar-refractivity contribution in [3.63, 3.8) is 0 Å². The largest absolute Gasteiger partial charge is 0.490 e. The van der Waals surface area contributed by atoms with Crippen LogP contribution in [-0.2, 0) is 9.53 Å². The molecule has 2 aliphatic rings. The van der Waals surface area contributed by atoms with Gasteiger partial charge in [-0.05, 0) is 64.2 Å². The van der Waals surface area contributed by atoms with Crippen LogP contribution in [0.25, 0.3) is 0 Å². The van der Waals surface area contributed by atoms with E-state index in [1.807, 2.05) is 13.8 Å². The molecule has 260 valence electrons. The molecular formula is C33H51F3N4O6. The van der Waals surface area contributed by atoms with Crippen LogP contribution >= 0.6 is 0 Å². The molecule has 0 spiro atoms. The van der Waals surface area contributed by atoms with Gasteiger partial charge >= 0.3 is 12.2 Å². The van der Waals surface area contributed by atoms with E-state index >= 15 is 0 Å². The Labute approximate surface area is 270 Å². The summed E-state index contributed by atoms with van der Waals surface area (Å²) in [4.78, 5) is 42.6. The molecule has 13 heteroatoms. The van der Waals surface area contributed by atoms with Gasteiger partial charge in [-0.15, -0.1) is 0 Å². The molecule has 46 heavy (non-hydrogen) atoms. The maximum atomic E-state index is 14.2. The smallest absolute Gasteiger partial charge is 0.389 e. The lowest BCUT2D eigenvalue weighted by atomic mass is 9.96. The first kappa shape index (κ1) is 37.4. The van der Waals surface area contributed by atoms with Crippen molar-refractivity contribution in [1.29, 1.82) is 0 Å². The number of aliphatic hydroxyl groups is 1. The van der Waals surface area contributed by atoms with E-state index in [1.165, 1.54) is 29.5 Å². The van der Waals surface area contributed by atoms with Crippen molar-refractivity contribution >= 4 is 23.5 Å². The second kappa shape index (κ2) is 17.7. The number of benzene rings is 1. The molecule has 1 saturated carbocycles. The minimum atomic E-state index is -4.47. The second-order valence-electron chi connectivity index (χ2n) is 12.8. The zero-order valence-electron chi connectivity index (χ0n) is 27.5. The van der Waals surface area contributed by atoms with Crippen LogP contribution in [-0.4, -0.2) is 96.6 Å². The number of likely N-dealkylation sites (N-methyl/N-ethyl adjacent to an activating group) is 1. The summed E-state index contributed by atoms with van der Waals surface area (Å²) in [6.45, 7) is 6.15.